The number of pyridine rings is 1. The van der Waals surface area contributed by atoms with E-state index in [4.69, 9.17) is 0 Å². The molecule has 0 fully saturated rings. The summed E-state index contributed by atoms with van der Waals surface area (Å²) in [7, 11) is 1.21. The van der Waals surface area contributed by atoms with E-state index in [1.54, 1.807) is 0 Å². The van der Waals surface area contributed by atoms with Crippen molar-refractivity contribution in [2.24, 2.45) is 0 Å². The third-order valence-corrected chi connectivity index (χ3v) is 1.65. The number of halogens is 4. The van der Waals surface area contributed by atoms with Gasteiger partial charge in [-0.25, -0.2) is 4.98 Å². The molecule has 0 aromatic carbocycles. The van der Waals surface area contributed by atoms with Gasteiger partial charge in [-0.15, -0.1) is 13.2 Å². The second kappa shape index (κ2) is 4.04. The molecule has 0 aliphatic carbocycles. The van der Waals surface area contributed by atoms with Crippen molar-refractivity contribution in [1.29, 1.82) is 0 Å². The van der Waals surface area contributed by atoms with Crippen molar-refractivity contribution in [3.8, 4) is 11.6 Å². The zero-order chi connectivity index (χ0) is 10.8. The van der Waals surface area contributed by atoms with Crippen molar-refractivity contribution in [3.63, 3.8) is 0 Å². The monoisotopic (exact) mass is 271 g/mol. The number of ether oxygens (including phenoxy) is 2. The van der Waals surface area contributed by atoms with Crippen LogP contribution in [0.3, 0.4) is 0 Å². The van der Waals surface area contributed by atoms with Gasteiger partial charge in [0.15, 0.2) is 5.75 Å². The molecule has 3 nitrogen and oxygen atoms in total. The standard InChI is InChI=1S/C7H5BrF3NO2/c1-13-6-4(14-7(9,10)11)2-3-5(8)12-6/h2-3H,1H3. The van der Waals surface area contributed by atoms with Crippen molar-refractivity contribution in [3.05, 3.63) is 16.7 Å². The number of alkyl halides is 3. The van der Waals surface area contributed by atoms with Crippen LogP contribution in [0.5, 0.6) is 11.6 Å². The summed E-state index contributed by atoms with van der Waals surface area (Å²) in [6, 6.07) is 2.44. The molecular weight excluding hydrogens is 267 g/mol. The summed E-state index contributed by atoms with van der Waals surface area (Å²) in [5.41, 5.74) is 0. The normalized spacial score (nSPS) is 11.2. The first-order valence-corrected chi connectivity index (χ1v) is 4.18. The van der Waals surface area contributed by atoms with Crippen molar-refractivity contribution < 1.29 is 22.6 Å². The van der Waals surface area contributed by atoms with Crippen LogP contribution in [0.25, 0.3) is 0 Å². The van der Waals surface area contributed by atoms with Crippen LogP contribution in [0.15, 0.2) is 16.7 Å². The van der Waals surface area contributed by atoms with Crippen LogP contribution in [0.4, 0.5) is 13.2 Å². The zero-order valence-electron chi connectivity index (χ0n) is 6.93. The molecule has 0 amide bonds. The average molecular weight is 272 g/mol. The summed E-state index contributed by atoms with van der Waals surface area (Å²) in [4.78, 5) is 3.65. The average Bonchev–Trinajstić information content (AvgIpc) is 2.06. The summed E-state index contributed by atoms with van der Waals surface area (Å²) in [6.07, 6.45) is -4.75. The van der Waals surface area contributed by atoms with E-state index in [1.165, 1.54) is 13.2 Å². The highest BCUT2D eigenvalue weighted by Gasteiger charge is 2.32. The molecule has 0 radical (unpaired) electrons. The highest BCUT2D eigenvalue weighted by atomic mass is 79.9. The van der Waals surface area contributed by atoms with Gasteiger partial charge in [0.25, 0.3) is 5.88 Å². The Hall–Kier alpha value is -0.980. The topological polar surface area (TPSA) is 31.4 Å². The Bertz CT molecular complexity index is 329. The van der Waals surface area contributed by atoms with Gasteiger partial charge in [-0.1, -0.05) is 0 Å². The van der Waals surface area contributed by atoms with E-state index in [0.717, 1.165) is 6.07 Å². The molecule has 1 aromatic heterocycles. The third-order valence-electron chi connectivity index (χ3n) is 1.21. The predicted octanol–water partition coefficient (Wildman–Crippen LogP) is 2.75. The summed E-state index contributed by atoms with van der Waals surface area (Å²) >= 11 is 2.99. The molecule has 0 bridgehead atoms. The van der Waals surface area contributed by atoms with Gasteiger partial charge >= 0.3 is 6.36 Å². The smallest absolute Gasteiger partial charge is 0.478 e. The van der Waals surface area contributed by atoms with E-state index in [9.17, 15) is 13.2 Å². The maximum atomic E-state index is 11.8. The lowest BCUT2D eigenvalue weighted by Crippen LogP contribution is -2.17. The van der Waals surface area contributed by atoms with Crippen LogP contribution >= 0.6 is 15.9 Å². The minimum absolute atomic E-state index is 0.225. The number of rotatable bonds is 2. The van der Waals surface area contributed by atoms with Crippen molar-refractivity contribution in [1.82, 2.24) is 4.98 Å². The lowest BCUT2D eigenvalue weighted by molar-refractivity contribution is -0.275. The molecule has 0 aliphatic heterocycles. The van der Waals surface area contributed by atoms with Crippen LogP contribution in [0.2, 0.25) is 0 Å². The van der Waals surface area contributed by atoms with Crippen LogP contribution < -0.4 is 9.47 Å². The first-order chi connectivity index (χ1) is 6.42. The maximum absolute atomic E-state index is 11.8. The van der Waals surface area contributed by atoms with Gasteiger partial charge in [0.05, 0.1) is 7.11 Å². The van der Waals surface area contributed by atoms with Crippen molar-refractivity contribution >= 4 is 15.9 Å². The molecule has 1 heterocycles. The van der Waals surface area contributed by atoms with Gasteiger partial charge < -0.3 is 9.47 Å². The van der Waals surface area contributed by atoms with Gasteiger partial charge in [0.1, 0.15) is 4.60 Å². The Morgan fingerprint density at radius 1 is 1.36 bits per heavy atom. The maximum Gasteiger partial charge on any atom is 0.573 e. The van der Waals surface area contributed by atoms with Crippen LogP contribution in [0.1, 0.15) is 0 Å². The number of hydrogen-bond donors (Lipinski definition) is 0. The molecule has 0 saturated heterocycles. The summed E-state index contributed by atoms with van der Waals surface area (Å²) < 4.78 is 44.2. The van der Waals surface area contributed by atoms with Crippen LogP contribution in [-0.4, -0.2) is 18.5 Å². The summed E-state index contributed by atoms with van der Waals surface area (Å²) in [5, 5.41) is 0. The quantitative estimate of drug-likeness (QED) is 0.776. The molecule has 1 rings (SSSR count). The molecule has 0 N–H and O–H groups in total. The largest absolute Gasteiger partial charge is 0.573 e. The summed E-state index contributed by atoms with van der Waals surface area (Å²) in [6.45, 7) is 0. The van der Waals surface area contributed by atoms with E-state index in [1.807, 2.05) is 0 Å². The van der Waals surface area contributed by atoms with Crippen molar-refractivity contribution in [2.45, 2.75) is 6.36 Å². The Labute approximate surface area is 86.0 Å². The molecule has 0 unspecified atom stereocenters. The number of methoxy groups -OCH3 is 1. The fraction of sp³-hybridized carbons (Fsp3) is 0.286. The van der Waals surface area contributed by atoms with Gasteiger partial charge in [0, 0.05) is 0 Å². The van der Waals surface area contributed by atoms with E-state index < -0.39 is 12.1 Å². The first kappa shape index (κ1) is 11.1. The molecule has 0 atom stereocenters. The number of hydrogen-bond acceptors (Lipinski definition) is 3. The predicted molar refractivity (Wildman–Crippen MR) is 45.2 cm³/mol. The molecule has 0 spiro atoms. The molecule has 0 aliphatic rings. The Balaban J connectivity index is 2.97. The Morgan fingerprint density at radius 3 is 2.50 bits per heavy atom. The molecule has 7 heteroatoms. The second-order valence-electron chi connectivity index (χ2n) is 2.19. The SMILES string of the molecule is COc1nc(Br)ccc1OC(F)(F)F. The minimum atomic E-state index is -4.75. The highest BCUT2D eigenvalue weighted by molar-refractivity contribution is 9.10. The van der Waals surface area contributed by atoms with Gasteiger partial charge in [-0.3, -0.25) is 0 Å². The van der Waals surface area contributed by atoms with E-state index in [0.29, 0.717) is 4.60 Å². The van der Waals surface area contributed by atoms with Gasteiger partial charge in [0.2, 0.25) is 0 Å². The van der Waals surface area contributed by atoms with Gasteiger partial charge in [-0.05, 0) is 28.1 Å². The number of aromatic nitrogens is 1. The molecule has 0 saturated carbocycles. The lowest BCUT2D eigenvalue weighted by Gasteiger charge is -2.11. The minimum Gasteiger partial charge on any atom is -0.478 e. The third kappa shape index (κ3) is 3.06. The van der Waals surface area contributed by atoms with E-state index in [2.05, 4.69) is 30.4 Å². The zero-order valence-corrected chi connectivity index (χ0v) is 8.52. The molecule has 78 valence electrons. The second-order valence-corrected chi connectivity index (χ2v) is 3.00. The first-order valence-electron chi connectivity index (χ1n) is 3.38. The van der Waals surface area contributed by atoms with Crippen LogP contribution in [-0.2, 0) is 0 Å². The lowest BCUT2D eigenvalue weighted by atomic mass is 10.4. The Kier molecular flexibility index (Phi) is 3.20. The van der Waals surface area contributed by atoms with E-state index >= 15 is 0 Å². The molecule has 1 aromatic rings. The fourth-order valence-corrected chi connectivity index (χ4v) is 1.05. The summed E-state index contributed by atoms with van der Waals surface area (Å²) in [5.74, 6) is -0.695. The number of nitrogens with zero attached hydrogens (tertiary/aromatic N) is 1. The van der Waals surface area contributed by atoms with E-state index in [-0.39, 0.29) is 5.88 Å². The van der Waals surface area contributed by atoms with Crippen LogP contribution in [0, 0.1) is 0 Å². The van der Waals surface area contributed by atoms with Crippen molar-refractivity contribution in [2.75, 3.05) is 7.11 Å². The molecule has 14 heavy (non-hydrogen) atoms. The Morgan fingerprint density at radius 2 is 2.00 bits per heavy atom. The highest BCUT2D eigenvalue weighted by Crippen LogP contribution is 2.31. The molecular formula is C7H5BrF3NO2. The van der Waals surface area contributed by atoms with Gasteiger partial charge in [-0.2, -0.15) is 0 Å². The fourth-order valence-electron chi connectivity index (χ4n) is 0.754.